The van der Waals surface area contributed by atoms with Crippen LogP contribution in [0.1, 0.15) is 165 Å². The Balaban J connectivity index is 1.23. The highest BCUT2D eigenvalue weighted by Crippen LogP contribution is 2.37. The molecule has 0 aliphatic carbocycles. The van der Waals surface area contributed by atoms with E-state index in [4.69, 9.17) is 19.4 Å². The van der Waals surface area contributed by atoms with Gasteiger partial charge in [-0.25, -0.2) is 9.97 Å². The predicted molar refractivity (Wildman–Crippen MR) is 254 cm³/mol. The first-order chi connectivity index (χ1) is 28.5. The third-order valence-electron chi connectivity index (χ3n) is 11.1. The van der Waals surface area contributed by atoms with Gasteiger partial charge in [-0.15, -0.1) is 0 Å². The second-order valence-corrected chi connectivity index (χ2v) is 17.6. The molecule has 0 atom stereocenters. The van der Waals surface area contributed by atoms with Gasteiger partial charge in [0.05, 0.1) is 56.0 Å². The molecule has 0 saturated heterocycles. The zero-order valence-corrected chi connectivity index (χ0v) is 38.1. The van der Waals surface area contributed by atoms with Crippen LogP contribution in [0.25, 0.3) is 57.5 Å². The summed E-state index contributed by atoms with van der Waals surface area (Å²) in [5, 5.41) is 0. The van der Waals surface area contributed by atoms with E-state index in [1.54, 1.807) is 0 Å². The molecule has 310 valence electrons. The van der Waals surface area contributed by atoms with Crippen molar-refractivity contribution in [3.8, 4) is 22.6 Å². The van der Waals surface area contributed by atoms with Gasteiger partial charge < -0.3 is 19.4 Å². The lowest BCUT2D eigenvalue weighted by molar-refractivity contribution is 0.290. The average Bonchev–Trinajstić information content (AvgIpc) is 4.07. The van der Waals surface area contributed by atoms with Gasteiger partial charge in [0.15, 0.2) is 0 Å². The first kappa shape index (κ1) is 43.9. The Labute approximate surface area is 364 Å². The van der Waals surface area contributed by atoms with Crippen LogP contribution < -0.4 is 9.47 Å². The van der Waals surface area contributed by atoms with Crippen LogP contribution in [0.5, 0.6) is 11.5 Å². The van der Waals surface area contributed by atoms with Crippen LogP contribution in [0, 0.1) is 0 Å². The van der Waals surface area contributed by atoms with Crippen molar-refractivity contribution in [3.05, 3.63) is 80.3 Å². The fourth-order valence-corrected chi connectivity index (χ4v) is 8.76. The van der Waals surface area contributed by atoms with Crippen molar-refractivity contribution >= 4 is 78.2 Å². The highest BCUT2D eigenvalue weighted by molar-refractivity contribution is 9.11. The Morgan fingerprint density at radius 3 is 1.52 bits per heavy atom. The van der Waals surface area contributed by atoms with Crippen LogP contribution in [0.2, 0.25) is 0 Å². The molecule has 2 aliphatic heterocycles. The molecule has 5 heterocycles. The number of unbranched alkanes of at least 4 members (excludes halogenated alkanes) is 18. The third-order valence-corrected chi connectivity index (χ3v) is 12.7. The Morgan fingerprint density at radius 1 is 0.483 bits per heavy atom. The number of benzene rings is 1. The highest BCUT2D eigenvalue weighted by Gasteiger charge is 2.15. The topological polar surface area (TPSA) is 75.8 Å². The first-order valence-electron chi connectivity index (χ1n) is 22.4. The normalized spacial score (nSPS) is 12.1. The van der Waals surface area contributed by atoms with Crippen molar-refractivity contribution in [1.29, 1.82) is 0 Å². The molecule has 0 fully saturated rings. The largest absolute Gasteiger partial charge is 0.493 e. The number of halogens is 2. The van der Waals surface area contributed by atoms with Gasteiger partial charge in [-0.3, -0.25) is 0 Å². The second kappa shape index (κ2) is 23.8. The zero-order chi connectivity index (χ0) is 40.4. The number of H-pyrrole nitrogens is 2. The van der Waals surface area contributed by atoms with Crippen molar-refractivity contribution < 1.29 is 9.47 Å². The van der Waals surface area contributed by atoms with Crippen LogP contribution in [-0.4, -0.2) is 33.1 Å². The molecule has 8 bridgehead atoms. The van der Waals surface area contributed by atoms with E-state index < -0.39 is 0 Å². The molecule has 0 saturated carbocycles. The molecule has 0 unspecified atom stereocenters. The van der Waals surface area contributed by atoms with E-state index in [-0.39, 0.29) is 0 Å². The molecular formula is C50H64Br2N4O2. The lowest BCUT2D eigenvalue weighted by atomic mass is 10.1. The molecule has 6 rings (SSSR count). The van der Waals surface area contributed by atoms with Gasteiger partial charge in [0.25, 0.3) is 0 Å². The number of fused-ring (bicyclic) bond motifs is 8. The van der Waals surface area contributed by atoms with E-state index >= 15 is 0 Å². The van der Waals surface area contributed by atoms with E-state index in [1.807, 2.05) is 24.3 Å². The Morgan fingerprint density at radius 2 is 0.983 bits per heavy atom. The van der Waals surface area contributed by atoms with E-state index in [0.717, 1.165) is 89.3 Å². The molecule has 1 aromatic carbocycles. The van der Waals surface area contributed by atoms with E-state index in [2.05, 4.69) is 104 Å². The minimum atomic E-state index is 0.699. The first-order valence-corrected chi connectivity index (χ1v) is 24.0. The van der Waals surface area contributed by atoms with E-state index in [1.165, 1.54) is 116 Å². The Hall–Kier alpha value is -3.62. The summed E-state index contributed by atoms with van der Waals surface area (Å²) >= 11 is 7.77. The molecule has 0 radical (unpaired) electrons. The summed E-state index contributed by atoms with van der Waals surface area (Å²) in [5.74, 6) is 1.69. The molecule has 3 aromatic heterocycles. The summed E-state index contributed by atoms with van der Waals surface area (Å²) in [6.45, 7) is 5.96. The maximum Gasteiger partial charge on any atom is 0.123 e. The standard InChI is InChI=1S/C50H64Br2N4O2/c1-3-5-7-9-11-13-15-17-19-21-29-57-42-31-37(32-43(36-42)58-30-22-20-18-16-14-12-10-8-6-4-2)44-35-41-34-40-24-27-46(54-40)48(51)45-26-23-38(53-45)33-39-25-28-47(55-39)49(52)50(44)56-41/h23-28,31-36,54,56H,3-22,29-30H2,1-2H3. The summed E-state index contributed by atoms with van der Waals surface area (Å²) in [6, 6.07) is 16.9. The summed E-state index contributed by atoms with van der Waals surface area (Å²) in [5.41, 5.74) is 9.38. The molecule has 0 amide bonds. The zero-order valence-electron chi connectivity index (χ0n) is 35.0. The van der Waals surface area contributed by atoms with Crippen LogP contribution >= 0.6 is 31.9 Å². The predicted octanol–water partition coefficient (Wildman–Crippen LogP) is 16.4. The number of aromatic nitrogens is 4. The highest BCUT2D eigenvalue weighted by atomic mass is 79.9. The summed E-state index contributed by atoms with van der Waals surface area (Å²) in [4.78, 5) is 17.1. The number of nitrogens with zero attached hydrogens (tertiary/aromatic N) is 2. The maximum absolute atomic E-state index is 6.50. The molecule has 58 heavy (non-hydrogen) atoms. The van der Waals surface area contributed by atoms with E-state index in [0.29, 0.717) is 13.2 Å². The Kier molecular flexibility index (Phi) is 18.1. The molecule has 2 N–H and O–H groups in total. The van der Waals surface area contributed by atoms with Crippen LogP contribution in [0.3, 0.4) is 0 Å². The molecule has 0 spiro atoms. The number of aromatic amines is 2. The molecule has 8 heteroatoms. The minimum Gasteiger partial charge on any atom is -0.493 e. The number of nitrogens with one attached hydrogen (secondary N) is 2. The number of hydrogen-bond donors (Lipinski definition) is 2. The van der Waals surface area contributed by atoms with Gasteiger partial charge in [-0.2, -0.15) is 0 Å². The van der Waals surface area contributed by atoms with Gasteiger partial charge in [0, 0.05) is 22.7 Å². The Bertz CT molecular complexity index is 2090. The van der Waals surface area contributed by atoms with Gasteiger partial charge >= 0.3 is 0 Å². The van der Waals surface area contributed by atoms with Gasteiger partial charge in [-0.05, 0) is 117 Å². The molecular weight excluding hydrogens is 848 g/mol. The van der Waals surface area contributed by atoms with Gasteiger partial charge in [-0.1, -0.05) is 129 Å². The quantitative estimate of drug-likeness (QED) is 0.0561. The second-order valence-electron chi connectivity index (χ2n) is 16.0. The van der Waals surface area contributed by atoms with Crippen molar-refractivity contribution in [2.45, 2.75) is 142 Å². The van der Waals surface area contributed by atoms with Crippen molar-refractivity contribution in [3.63, 3.8) is 0 Å². The monoisotopic (exact) mass is 910 g/mol. The number of hydrogen-bond acceptors (Lipinski definition) is 4. The SMILES string of the molecule is CCCCCCCCCCCCOc1cc(OCCCCCCCCCCCC)cc(-c2cc3cc4ccc([nH]4)c(Br)c4nc(cc5nc(c(Br)c2[nH]3)C=C5)C=C4)c1. The molecule has 4 aromatic rings. The summed E-state index contributed by atoms with van der Waals surface area (Å²) < 4.78 is 14.8. The molecule has 6 nitrogen and oxygen atoms in total. The van der Waals surface area contributed by atoms with Gasteiger partial charge in [0.2, 0.25) is 0 Å². The maximum atomic E-state index is 6.50. The fraction of sp³-hybridized carbons (Fsp3) is 0.480. The van der Waals surface area contributed by atoms with E-state index in [9.17, 15) is 0 Å². The fourth-order valence-electron chi connectivity index (χ4n) is 7.78. The average molecular weight is 913 g/mol. The summed E-state index contributed by atoms with van der Waals surface area (Å²) in [7, 11) is 0. The number of rotatable bonds is 25. The summed E-state index contributed by atoms with van der Waals surface area (Å²) in [6.07, 6.45) is 34.2. The van der Waals surface area contributed by atoms with Gasteiger partial charge in [0.1, 0.15) is 11.5 Å². The van der Waals surface area contributed by atoms with Crippen molar-refractivity contribution in [2.75, 3.05) is 13.2 Å². The van der Waals surface area contributed by atoms with Crippen molar-refractivity contribution in [2.24, 2.45) is 0 Å². The minimum absolute atomic E-state index is 0.699. The lowest BCUT2D eigenvalue weighted by Gasteiger charge is -2.13. The third kappa shape index (κ3) is 13.5. The van der Waals surface area contributed by atoms with Crippen molar-refractivity contribution in [1.82, 2.24) is 19.9 Å². The van der Waals surface area contributed by atoms with Crippen LogP contribution in [0.15, 0.2) is 57.5 Å². The molecule has 2 aliphatic rings. The number of ether oxygens (including phenoxy) is 2. The smallest absolute Gasteiger partial charge is 0.123 e. The lowest BCUT2D eigenvalue weighted by Crippen LogP contribution is -2.01. The van der Waals surface area contributed by atoms with Crippen LogP contribution in [-0.2, 0) is 0 Å². The van der Waals surface area contributed by atoms with Crippen LogP contribution in [0.4, 0.5) is 0 Å².